The Morgan fingerprint density at radius 1 is 1.04 bits per heavy atom. The summed E-state index contributed by atoms with van der Waals surface area (Å²) in [4.78, 5) is 6.80. The zero-order valence-electron chi connectivity index (χ0n) is 16.8. The summed E-state index contributed by atoms with van der Waals surface area (Å²) in [6.45, 7) is 5.59. The quantitative estimate of drug-likeness (QED) is 0.495. The zero-order chi connectivity index (χ0) is 19.7. The van der Waals surface area contributed by atoms with Crippen LogP contribution in [-0.4, -0.2) is 49.7 Å². The van der Waals surface area contributed by atoms with Crippen LogP contribution in [0.5, 0.6) is 0 Å². The Balaban J connectivity index is 2.06. The van der Waals surface area contributed by atoms with Crippen LogP contribution in [0, 0.1) is 0 Å². The molecule has 2 aromatic rings. The van der Waals surface area contributed by atoms with E-state index in [0.717, 1.165) is 18.7 Å². The fraction of sp³-hybridized carbons (Fsp3) is 0.409. The van der Waals surface area contributed by atoms with Gasteiger partial charge in [-0.25, -0.2) is 4.99 Å². The molecule has 146 valence electrons. The molecule has 0 spiro atoms. The van der Waals surface area contributed by atoms with Crippen molar-refractivity contribution in [3.05, 3.63) is 71.8 Å². The Hall–Kier alpha value is -2.37. The van der Waals surface area contributed by atoms with Gasteiger partial charge in [0.1, 0.15) is 5.60 Å². The summed E-state index contributed by atoms with van der Waals surface area (Å²) >= 11 is 0. The van der Waals surface area contributed by atoms with E-state index in [2.05, 4.69) is 58.9 Å². The van der Waals surface area contributed by atoms with Crippen LogP contribution < -0.4 is 10.6 Å². The number of aliphatic hydroxyl groups is 1. The summed E-state index contributed by atoms with van der Waals surface area (Å²) in [6, 6.07) is 20.3. The van der Waals surface area contributed by atoms with Crippen molar-refractivity contribution in [1.29, 1.82) is 0 Å². The summed E-state index contributed by atoms with van der Waals surface area (Å²) < 4.78 is 0. The van der Waals surface area contributed by atoms with Crippen LogP contribution in [-0.2, 0) is 5.60 Å². The molecule has 5 nitrogen and oxygen atoms in total. The lowest BCUT2D eigenvalue weighted by Gasteiger charge is -2.27. The number of nitrogens with zero attached hydrogens (tertiary/aromatic N) is 2. The lowest BCUT2D eigenvalue weighted by Crippen LogP contribution is -2.42. The van der Waals surface area contributed by atoms with Gasteiger partial charge in [0.2, 0.25) is 0 Å². The average molecular weight is 369 g/mol. The van der Waals surface area contributed by atoms with Crippen LogP contribution >= 0.6 is 0 Å². The maximum atomic E-state index is 10.8. The zero-order valence-corrected chi connectivity index (χ0v) is 16.8. The third-order valence-electron chi connectivity index (χ3n) is 4.56. The van der Waals surface area contributed by atoms with Gasteiger partial charge in [-0.1, -0.05) is 60.7 Å². The monoisotopic (exact) mass is 368 g/mol. The predicted molar refractivity (Wildman–Crippen MR) is 113 cm³/mol. The second-order valence-electron chi connectivity index (χ2n) is 7.11. The molecule has 2 atom stereocenters. The van der Waals surface area contributed by atoms with Crippen LogP contribution in [0.4, 0.5) is 0 Å². The molecule has 0 aliphatic rings. The van der Waals surface area contributed by atoms with E-state index in [0.29, 0.717) is 5.96 Å². The highest BCUT2D eigenvalue weighted by Gasteiger charge is 2.22. The van der Waals surface area contributed by atoms with E-state index < -0.39 is 5.60 Å². The van der Waals surface area contributed by atoms with Crippen LogP contribution in [0.25, 0.3) is 0 Å². The van der Waals surface area contributed by atoms with Crippen molar-refractivity contribution >= 4 is 5.96 Å². The van der Waals surface area contributed by atoms with E-state index >= 15 is 0 Å². The highest BCUT2D eigenvalue weighted by molar-refractivity contribution is 5.79. The van der Waals surface area contributed by atoms with Crippen molar-refractivity contribution in [3.63, 3.8) is 0 Å². The van der Waals surface area contributed by atoms with Gasteiger partial charge in [0.25, 0.3) is 0 Å². The van der Waals surface area contributed by atoms with E-state index in [4.69, 9.17) is 0 Å². The molecule has 27 heavy (non-hydrogen) atoms. The fourth-order valence-corrected chi connectivity index (χ4v) is 2.93. The molecule has 0 radical (unpaired) electrons. The molecule has 0 bridgehead atoms. The van der Waals surface area contributed by atoms with Gasteiger partial charge in [-0.05, 0) is 39.1 Å². The lowest BCUT2D eigenvalue weighted by molar-refractivity contribution is 0.0672. The van der Waals surface area contributed by atoms with Crippen molar-refractivity contribution < 1.29 is 5.11 Å². The van der Waals surface area contributed by atoms with Gasteiger partial charge in [0.15, 0.2) is 5.96 Å². The minimum absolute atomic E-state index is 0.227. The van der Waals surface area contributed by atoms with E-state index in [1.165, 1.54) is 5.56 Å². The molecule has 0 aliphatic carbocycles. The van der Waals surface area contributed by atoms with Gasteiger partial charge >= 0.3 is 0 Å². The molecular formula is C22H32N4O. The second-order valence-corrected chi connectivity index (χ2v) is 7.11. The first-order chi connectivity index (χ1) is 12.9. The summed E-state index contributed by atoms with van der Waals surface area (Å²) in [5.74, 6) is 0.705. The van der Waals surface area contributed by atoms with Crippen LogP contribution in [0.15, 0.2) is 65.7 Å². The Bertz CT molecular complexity index is 699. The lowest BCUT2D eigenvalue weighted by atomic mass is 9.96. The standard InChI is InChI=1S/C22H32N4O/c1-5-23-21(25-17-22(2,27)19-14-10-7-11-15-19)24-16-20(26(3)4)18-12-8-6-9-13-18/h6-15,20,27H,5,16-17H2,1-4H3,(H2,23,24,25). The largest absolute Gasteiger partial charge is 0.384 e. The van der Waals surface area contributed by atoms with E-state index in [1.54, 1.807) is 6.92 Å². The topological polar surface area (TPSA) is 59.9 Å². The van der Waals surface area contributed by atoms with Gasteiger partial charge < -0.3 is 20.6 Å². The van der Waals surface area contributed by atoms with E-state index in [-0.39, 0.29) is 12.6 Å². The molecule has 2 unspecified atom stereocenters. The van der Waals surface area contributed by atoms with Crippen LogP contribution in [0.2, 0.25) is 0 Å². The number of hydrogen-bond acceptors (Lipinski definition) is 3. The molecule has 3 N–H and O–H groups in total. The smallest absolute Gasteiger partial charge is 0.191 e. The van der Waals surface area contributed by atoms with Crippen molar-refractivity contribution in [1.82, 2.24) is 15.5 Å². The van der Waals surface area contributed by atoms with Crippen LogP contribution in [0.3, 0.4) is 0 Å². The fourth-order valence-electron chi connectivity index (χ4n) is 2.93. The minimum Gasteiger partial charge on any atom is -0.384 e. The highest BCUT2D eigenvalue weighted by Crippen LogP contribution is 2.20. The molecule has 0 aliphatic heterocycles. The third kappa shape index (κ3) is 6.38. The molecule has 0 saturated heterocycles. The van der Waals surface area contributed by atoms with E-state index in [9.17, 15) is 5.11 Å². The number of hydrogen-bond donors (Lipinski definition) is 3. The third-order valence-corrected chi connectivity index (χ3v) is 4.56. The Labute approximate surface area is 163 Å². The number of nitrogens with one attached hydrogen (secondary N) is 2. The van der Waals surface area contributed by atoms with Crippen molar-refractivity contribution in [3.8, 4) is 0 Å². The predicted octanol–water partition coefficient (Wildman–Crippen LogP) is 2.75. The normalized spacial score (nSPS) is 15.3. The van der Waals surface area contributed by atoms with E-state index in [1.807, 2.05) is 43.3 Å². The SMILES string of the molecule is CCNC(=NCC(C)(O)c1ccccc1)NCC(c1ccccc1)N(C)C. The molecule has 2 aromatic carbocycles. The van der Waals surface area contributed by atoms with Crippen molar-refractivity contribution in [2.75, 3.05) is 33.7 Å². The highest BCUT2D eigenvalue weighted by atomic mass is 16.3. The average Bonchev–Trinajstić information content (AvgIpc) is 2.67. The molecule has 0 amide bonds. The second kappa shape index (κ2) is 10.1. The van der Waals surface area contributed by atoms with Crippen LogP contribution in [0.1, 0.15) is 31.0 Å². The summed E-state index contributed by atoms with van der Waals surface area (Å²) in [5, 5.41) is 17.4. The van der Waals surface area contributed by atoms with Gasteiger partial charge in [0, 0.05) is 13.1 Å². The number of aliphatic imine (C=N–C) groups is 1. The molecule has 5 heteroatoms. The summed E-state index contributed by atoms with van der Waals surface area (Å²) in [6.07, 6.45) is 0. The molecule has 0 saturated carbocycles. The first-order valence-electron chi connectivity index (χ1n) is 9.45. The molecule has 0 fully saturated rings. The van der Waals surface area contributed by atoms with Gasteiger partial charge in [-0.15, -0.1) is 0 Å². The van der Waals surface area contributed by atoms with Gasteiger partial charge in [0.05, 0.1) is 12.6 Å². The summed E-state index contributed by atoms with van der Waals surface area (Å²) in [5.41, 5.74) is 1.10. The van der Waals surface area contributed by atoms with Crippen molar-refractivity contribution in [2.45, 2.75) is 25.5 Å². The number of likely N-dealkylation sites (N-methyl/N-ethyl adjacent to an activating group) is 1. The maximum Gasteiger partial charge on any atom is 0.191 e. The molecule has 2 rings (SSSR count). The Kier molecular flexibility index (Phi) is 7.82. The Morgan fingerprint density at radius 2 is 1.63 bits per heavy atom. The number of benzene rings is 2. The maximum absolute atomic E-state index is 10.8. The van der Waals surface area contributed by atoms with Gasteiger partial charge in [-0.2, -0.15) is 0 Å². The molecule has 0 heterocycles. The number of rotatable bonds is 8. The van der Waals surface area contributed by atoms with Gasteiger partial charge in [-0.3, -0.25) is 0 Å². The molecule has 0 aromatic heterocycles. The summed E-state index contributed by atoms with van der Waals surface area (Å²) in [7, 11) is 4.15. The Morgan fingerprint density at radius 3 is 2.19 bits per heavy atom. The first-order valence-corrected chi connectivity index (χ1v) is 9.45. The number of guanidine groups is 1. The minimum atomic E-state index is -1.01. The van der Waals surface area contributed by atoms with Crippen molar-refractivity contribution in [2.24, 2.45) is 4.99 Å². The molecular weight excluding hydrogens is 336 g/mol. The first kappa shape index (κ1) is 20.9.